The number of benzene rings is 1. The second-order valence-electron chi connectivity index (χ2n) is 6.81. The van der Waals surface area contributed by atoms with Crippen LogP contribution in [0.25, 0.3) is 47.5 Å². The lowest BCUT2D eigenvalue weighted by atomic mass is 10.0. The van der Waals surface area contributed by atoms with Crippen LogP contribution >= 0.6 is 22.7 Å². The monoisotopic (exact) mass is 360 g/mol. The summed E-state index contributed by atoms with van der Waals surface area (Å²) >= 11 is 3.80. The molecule has 0 spiro atoms. The molecule has 2 nitrogen and oxygen atoms in total. The van der Waals surface area contributed by atoms with Gasteiger partial charge in [-0.1, -0.05) is 0 Å². The summed E-state index contributed by atoms with van der Waals surface area (Å²) in [5.74, 6) is 0. The van der Waals surface area contributed by atoms with Gasteiger partial charge in [-0.3, -0.25) is 0 Å². The summed E-state index contributed by atoms with van der Waals surface area (Å²) in [4.78, 5) is 2.74. The molecule has 25 heavy (non-hydrogen) atoms. The van der Waals surface area contributed by atoms with Crippen molar-refractivity contribution in [3.8, 4) is 0 Å². The molecule has 0 fully saturated rings. The number of nitrogens with zero attached hydrogens (tertiary/aromatic N) is 1. The molecule has 0 amide bonds. The van der Waals surface area contributed by atoms with Crippen LogP contribution in [0.2, 0.25) is 0 Å². The maximum Gasteiger partial charge on any atom is 0.0642 e. The van der Waals surface area contributed by atoms with E-state index in [0.29, 0.717) is 0 Å². The molecular formula is C21H16N2S2. The summed E-state index contributed by atoms with van der Waals surface area (Å²) in [6, 6.07) is 13.9. The highest BCUT2D eigenvalue weighted by Crippen LogP contribution is 2.45. The van der Waals surface area contributed by atoms with Crippen molar-refractivity contribution in [3.63, 3.8) is 0 Å². The Bertz CT molecular complexity index is 1340. The van der Waals surface area contributed by atoms with Gasteiger partial charge in [-0.2, -0.15) is 0 Å². The molecule has 122 valence electrons. The lowest BCUT2D eigenvalue weighted by molar-refractivity contribution is 1.37. The Morgan fingerprint density at radius 2 is 1.28 bits per heavy atom. The van der Waals surface area contributed by atoms with Crippen molar-refractivity contribution < 1.29 is 0 Å². The van der Waals surface area contributed by atoms with E-state index in [0.717, 1.165) is 0 Å². The van der Waals surface area contributed by atoms with Crippen molar-refractivity contribution in [2.45, 2.75) is 13.8 Å². The highest BCUT2D eigenvalue weighted by atomic mass is 32.1. The molecule has 0 radical (unpaired) electrons. The fourth-order valence-electron chi connectivity index (χ4n) is 4.27. The summed E-state index contributed by atoms with van der Waals surface area (Å²) in [5.41, 5.74) is 5.21. The van der Waals surface area contributed by atoms with Gasteiger partial charge in [-0.25, -0.2) is 0 Å². The van der Waals surface area contributed by atoms with Crippen LogP contribution in [-0.4, -0.2) is 11.4 Å². The zero-order valence-corrected chi connectivity index (χ0v) is 15.9. The van der Waals surface area contributed by atoms with Crippen LogP contribution in [0.5, 0.6) is 0 Å². The third-order valence-electron chi connectivity index (χ3n) is 5.26. The molecule has 0 unspecified atom stereocenters. The Kier molecular flexibility index (Phi) is 2.48. The quantitative estimate of drug-likeness (QED) is 0.342. The third kappa shape index (κ3) is 1.59. The molecular weight excluding hydrogens is 344 g/mol. The molecule has 4 heteroatoms. The van der Waals surface area contributed by atoms with Gasteiger partial charge in [0.15, 0.2) is 0 Å². The minimum absolute atomic E-state index is 1.18. The Morgan fingerprint density at radius 3 is 1.76 bits per heavy atom. The Balaban J connectivity index is 2.09. The first-order valence-corrected chi connectivity index (χ1v) is 10.1. The van der Waals surface area contributed by atoms with Gasteiger partial charge in [0.2, 0.25) is 0 Å². The van der Waals surface area contributed by atoms with Crippen LogP contribution in [-0.2, 0) is 0 Å². The zero-order valence-electron chi connectivity index (χ0n) is 14.2. The van der Waals surface area contributed by atoms with Crippen molar-refractivity contribution >= 4 is 75.9 Å². The average molecular weight is 361 g/mol. The van der Waals surface area contributed by atoms with Gasteiger partial charge in [0.1, 0.15) is 0 Å². The highest BCUT2D eigenvalue weighted by molar-refractivity contribution is 7.20. The van der Waals surface area contributed by atoms with Crippen molar-refractivity contribution in [1.29, 1.82) is 0 Å². The number of nitrogens with one attached hydrogen (secondary N) is 1. The Morgan fingerprint density at radius 1 is 0.760 bits per heavy atom. The number of thiophene rings is 2. The second kappa shape index (κ2) is 4.45. The van der Waals surface area contributed by atoms with Crippen LogP contribution < -0.4 is 5.32 Å². The number of aromatic nitrogens is 1. The fraction of sp³-hybridized carbons (Fsp3) is 0.143. The predicted molar refractivity (Wildman–Crippen MR) is 113 cm³/mol. The first kappa shape index (κ1) is 13.9. The molecule has 5 heterocycles. The minimum atomic E-state index is 1.18. The lowest BCUT2D eigenvalue weighted by Crippen LogP contribution is -1.95. The van der Waals surface area contributed by atoms with Crippen LogP contribution in [0, 0.1) is 13.8 Å². The Labute approximate surface area is 152 Å². The first-order valence-electron chi connectivity index (χ1n) is 8.46. The van der Waals surface area contributed by atoms with E-state index in [4.69, 9.17) is 0 Å². The van der Waals surface area contributed by atoms with E-state index in [9.17, 15) is 0 Å². The highest BCUT2D eigenvalue weighted by Gasteiger charge is 2.19. The molecule has 5 aromatic heterocycles. The molecule has 0 bridgehead atoms. The van der Waals surface area contributed by atoms with Crippen LogP contribution in [0.3, 0.4) is 0 Å². The molecule has 1 aromatic carbocycles. The van der Waals surface area contributed by atoms with E-state index < -0.39 is 0 Å². The van der Waals surface area contributed by atoms with Gasteiger partial charge in [0, 0.05) is 44.0 Å². The van der Waals surface area contributed by atoms with E-state index in [1.807, 2.05) is 29.7 Å². The number of fused-ring (bicyclic) bond motifs is 6. The number of anilines is 1. The second-order valence-corrected chi connectivity index (χ2v) is 9.32. The van der Waals surface area contributed by atoms with Crippen LogP contribution in [0.15, 0.2) is 36.4 Å². The van der Waals surface area contributed by atoms with Gasteiger partial charge in [-0.15, -0.1) is 22.7 Å². The van der Waals surface area contributed by atoms with Crippen molar-refractivity contribution in [3.05, 3.63) is 46.2 Å². The first-order chi connectivity index (χ1) is 12.2. The Hall–Kier alpha value is -2.30. The van der Waals surface area contributed by atoms with Gasteiger partial charge < -0.3 is 9.72 Å². The molecule has 6 aromatic rings. The third-order valence-corrected chi connectivity index (χ3v) is 7.41. The summed E-state index contributed by atoms with van der Waals surface area (Å²) in [6.45, 7) is 4.42. The molecule has 6 rings (SSSR count). The maximum absolute atomic E-state index is 3.36. The predicted octanol–water partition coefficient (Wildman–Crippen LogP) is 6.77. The van der Waals surface area contributed by atoms with E-state index in [1.165, 1.54) is 62.9 Å². The minimum Gasteiger partial charge on any atom is -0.388 e. The van der Waals surface area contributed by atoms with Gasteiger partial charge in [0.05, 0.1) is 25.9 Å². The summed E-state index contributed by atoms with van der Waals surface area (Å²) in [7, 11) is 2.01. The van der Waals surface area contributed by atoms with E-state index in [2.05, 4.69) is 60.0 Å². The largest absolute Gasteiger partial charge is 0.388 e. The van der Waals surface area contributed by atoms with Crippen LogP contribution in [0.4, 0.5) is 5.69 Å². The van der Waals surface area contributed by atoms with E-state index in [1.54, 1.807) is 0 Å². The molecule has 0 aliphatic heterocycles. The van der Waals surface area contributed by atoms with Crippen LogP contribution in [0.1, 0.15) is 9.75 Å². The van der Waals surface area contributed by atoms with Gasteiger partial charge in [0.25, 0.3) is 0 Å². The zero-order chi connectivity index (χ0) is 16.9. The topological polar surface area (TPSA) is 16.4 Å². The normalized spacial score (nSPS) is 12.6. The van der Waals surface area contributed by atoms with Crippen molar-refractivity contribution in [2.24, 2.45) is 0 Å². The number of hydrogen-bond donors (Lipinski definition) is 1. The number of pyridine rings is 2. The lowest BCUT2D eigenvalue weighted by Gasteiger charge is -2.14. The fourth-order valence-corrected chi connectivity index (χ4v) is 6.35. The molecule has 0 aliphatic rings. The molecule has 0 aliphatic carbocycles. The number of aryl methyl sites for hydroxylation is 2. The van der Waals surface area contributed by atoms with Crippen molar-refractivity contribution in [1.82, 2.24) is 4.40 Å². The SMILES string of the molecule is CNc1cc2c3cc(C)sc3c3ccc4c5sc(C)cc5c(c1)c2n34. The molecule has 0 atom stereocenters. The molecule has 0 saturated carbocycles. The van der Waals surface area contributed by atoms with E-state index in [-0.39, 0.29) is 0 Å². The van der Waals surface area contributed by atoms with Gasteiger partial charge >= 0.3 is 0 Å². The smallest absolute Gasteiger partial charge is 0.0642 e. The standard InChI is InChI=1S/C21H16N2S2/c1-10-6-15-13-8-12(22-3)9-14-16-7-11(2)25-21(16)18-5-4-17(20(15)24-10)23(18)19(13)14/h4-9,22H,1-3H3. The maximum atomic E-state index is 3.36. The summed E-state index contributed by atoms with van der Waals surface area (Å²) < 4.78 is 5.28. The van der Waals surface area contributed by atoms with E-state index >= 15 is 0 Å². The number of rotatable bonds is 1. The average Bonchev–Trinajstić information content (AvgIpc) is 3.28. The summed E-state index contributed by atoms with van der Waals surface area (Å²) in [6.07, 6.45) is 0. The summed E-state index contributed by atoms with van der Waals surface area (Å²) in [5, 5.41) is 8.82. The molecule has 0 saturated heterocycles. The van der Waals surface area contributed by atoms with Gasteiger partial charge in [-0.05, 0) is 50.2 Å². The number of hydrogen-bond acceptors (Lipinski definition) is 3. The van der Waals surface area contributed by atoms with Crippen molar-refractivity contribution in [2.75, 3.05) is 12.4 Å². The molecule has 1 N–H and O–H groups in total.